The second-order valence-electron chi connectivity index (χ2n) is 8.68. The molecule has 0 aliphatic carbocycles. The predicted octanol–water partition coefficient (Wildman–Crippen LogP) is 2.85. The van der Waals surface area contributed by atoms with Crippen molar-refractivity contribution < 1.29 is 9.21 Å². The summed E-state index contributed by atoms with van der Waals surface area (Å²) in [4.78, 5) is 19.4. The molecule has 170 valence electrons. The van der Waals surface area contributed by atoms with Gasteiger partial charge in [0.25, 0.3) is 5.91 Å². The number of anilines is 2. The Labute approximate surface area is 189 Å². The normalized spacial score (nSPS) is 14.8. The van der Waals surface area contributed by atoms with Crippen molar-refractivity contribution in [1.29, 1.82) is 0 Å². The predicted molar refractivity (Wildman–Crippen MR) is 126 cm³/mol. The van der Waals surface area contributed by atoms with E-state index in [1.165, 1.54) is 0 Å². The summed E-state index contributed by atoms with van der Waals surface area (Å²) in [5, 5.41) is 10.1. The first-order valence-corrected chi connectivity index (χ1v) is 11.1. The highest BCUT2D eigenvalue weighted by Gasteiger charge is 2.15. The summed E-state index contributed by atoms with van der Waals surface area (Å²) in [6.45, 7) is 4.92. The molecular formula is C24H32N6O2. The number of furan rings is 1. The summed E-state index contributed by atoms with van der Waals surface area (Å²) in [6, 6.07) is 13.7. The van der Waals surface area contributed by atoms with Crippen LogP contribution in [0.15, 0.2) is 46.9 Å². The van der Waals surface area contributed by atoms with Crippen LogP contribution in [-0.2, 0) is 19.4 Å². The maximum atomic E-state index is 12.6. The van der Waals surface area contributed by atoms with Gasteiger partial charge < -0.3 is 24.4 Å². The Morgan fingerprint density at radius 2 is 1.78 bits per heavy atom. The van der Waals surface area contributed by atoms with Crippen LogP contribution in [0.1, 0.15) is 27.6 Å². The summed E-state index contributed by atoms with van der Waals surface area (Å²) < 4.78 is 5.85. The molecule has 1 fully saturated rings. The molecule has 1 amide bonds. The number of carbonyl (C=O) groups excluding carboxylic acids is 1. The highest BCUT2D eigenvalue weighted by atomic mass is 16.3. The van der Waals surface area contributed by atoms with Crippen molar-refractivity contribution in [1.82, 2.24) is 20.0 Å². The third kappa shape index (κ3) is 5.77. The van der Waals surface area contributed by atoms with Gasteiger partial charge in [0.2, 0.25) is 0 Å². The molecule has 4 rings (SSSR count). The molecular weight excluding hydrogens is 404 g/mol. The minimum Gasteiger partial charge on any atom is -0.465 e. The van der Waals surface area contributed by atoms with Gasteiger partial charge in [0.05, 0.1) is 6.54 Å². The Kier molecular flexibility index (Phi) is 6.92. The number of rotatable bonds is 8. The summed E-state index contributed by atoms with van der Waals surface area (Å²) in [5.74, 6) is 2.27. The number of piperazine rings is 1. The fourth-order valence-corrected chi connectivity index (χ4v) is 3.84. The summed E-state index contributed by atoms with van der Waals surface area (Å²) >= 11 is 0. The fourth-order valence-electron chi connectivity index (χ4n) is 3.84. The first-order valence-electron chi connectivity index (χ1n) is 11.1. The highest BCUT2D eigenvalue weighted by Crippen LogP contribution is 2.18. The number of benzene rings is 1. The van der Waals surface area contributed by atoms with E-state index in [0.717, 1.165) is 68.5 Å². The molecule has 0 spiro atoms. The van der Waals surface area contributed by atoms with Crippen LogP contribution >= 0.6 is 0 Å². The molecule has 32 heavy (non-hydrogen) atoms. The van der Waals surface area contributed by atoms with Crippen LogP contribution in [0.4, 0.5) is 11.5 Å². The number of aromatic amines is 1. The van der Waals surface area contributed by atoms with E-state index in [4.69, 9.17) is 4.42 Å². The van der Waals surface area contributed by atoms with Crippen LogP contribution in [0, 0.1) is 0 Å². The van der Waals surface area contributed by atoms with Crippen LogP contribution in [0.5, 0.6) is 0 Å². The number of aromatic nitrogens is 2. The maximum Gasteiger partial charge on any atom is 0.256 e. The Morgan fingerprint density at radius 3 is 2.50 bits per heavy atom. The highest BCUT2D eigenvalue weighted by molar-refractivity contribution is 6.03. The SMILES string of the molecule is CN(C)Cc1ccc(CCc2cc(NC(=O)c3ccc(N4CCN(C)CC4)cc3)n[nH]2)o1. The first-order chi connectivity index (χ1) is 15.5. The number of nitrogens with one attached hydrogen (secondary N) is 2. The second-order valence-corrected chi connectivity index (χ2v) is 8.68. The molecule has 3 heterocycles. The number of aryl methyl sites for hydroxylation is 2. The quantitative estimate of drug-likeness (QED) is 0.565. The van der Waals surface area contributed by atoms with Gasteiger partial charge in [0.15, 0.2) is 5.82 Å². The number of nitrogens with zero attached hydrogens (tertiary/aromatic N) is 4. The van der Waals surface area contributed by atoms with Crippen LogP contribution in [0.25, 0.3) is 0 Å². The molecule has 0 atom stereocenters. The summed E-state index contributed by atoms with van der Waals surface area (Å²) in [5.41, 5.74) is 2.73. The molecule has 0 radical (unpaired) electrons. The van der Waals surface area contributed by atoms with Gasteiger partial charge in [0, 0.05) is 55.6 Å². The van der Waals surface area contributed by atoms with Crippen molar-refractivity contribution in [2.45, 2.75) is 19.4 Å². The fraction of sp³-hybridized carbons (Fsp3) is 0.417. The van der Waals surface area contributed by atoms with Gasteiger partial charge in [-0.2, -0.15) is 5.10 Å². The van der Waals surface area contributed by atoms with E-state index >= 15 is 0 Å². The second kappa shape index (κ2) is 10.0. The monoisotopic (exact) mass is 436 g/mol. The zero-order valence-corrected chi connectivity index (χ0v) is 19.1. The molecule has 3 aromatic rings. The Bertz CT molecular complexity index is 1020. The lowest BCUT2D eigenvalue weighted by Gasteiger charge is -2.34. The maximum absolute atomic E-state index is 12.6. The minimum absolute atomic E-state index is 0.160. The number of hydrogen-bond acceptors (Lipinski definition) is 6. The van der Waals surface area contributed by atoms with Gasteiger partial charge in [-0.25, -0.2) is 0 Å². The molecule has 2 aromatic heterocycles. The molecule has 1 saturated heterocycles. The molecule has 2 N–H and O–H groups in total. The lowest BCUT2D eigenvalue weighted by atomic mass is 10.1. The molecule has 0 saturated carbocycles. The van der Waals surface area contributed by atoms with Crippen molar-refractivity contribution in [3.05, 3.63) is 65.2 Å². The molecule has 8 heteroatoms. The smallest absolute Gasteiger partial charge is 0.256 e. The van der Waals surface area contributed by atoms with Crippen LogP contribution < -0.4 is 10.2 Å². The van der Waals surface area contributed by atoms with Gasteiger partial charge in [-0.3, -0.25) is 9.89 Å². The van der Waals surface area contributed by atoms with Crippen molar-refractivity contribution >= 4 is 17.4 Å². The standard InChI is InChI=1S/C24H32N6O2/c1-28(2)17-22-11-10-21(32-22)9-6-19-16-23(27-26-19)25-24(31)18-4-7-20(8-5-18)30-14-12-29(3)13-15-30/h4-5,7-8,10-11,16H,6,9,12-15,17H2,1-3H3,(H2,25,26,27,31). The topological polar surface area (TPSA) is 80.6 Å². The lowest BCUT2D eigenvalue weighted by molar-refractivity contribution is 0.102. The van der Waals surface area contributed by atoms with Crippen molar-refractivity contribution in [2.24, 2.45) is 0 Å². The molecule has 8 nitrogen and oxygen atoms in total. The largest absolute Gasteiger partial charge is 0.465 e. The Hall–Kier alpha value is -3.10. The van der Waals surface area contributed by atoms with E-state index in [0.29, 0.717) is 11.4 Å². The van der Waals surface area contributed by atoms with E-state index in [9.17, 15) is 4.79 Å². The number of carbonyl (C=O) groups is 1. The Balaban J connectivity index is 1.28. The van der Waals surface area contributed by atoms with Crippen LogP contribution in [-0.4, -0.2) is 73.2 Å². The molecule has 0 bridgehead atoms. The van der Waals surface area contributed by atoms with Gasteiger partial charge in [-0.1, -0.05) is 0 Å². The third-order valence-electron chi connectivity index (χ3n) is 5.70. The van der Waals surface area contributed by atoms with Crippen LogP contribution in [0.3, 0.4) is 0 Å². The van der Waals surface area contributed by atoms with Gasteiger partial charge in [-0.15, -0.1) is 0 Å². The van der Waals surface area contributed by atoms with E-state index in [-0.39, 0.29) is 5.91 Å². The molecule has 1 aliphatic rings. The minimum atomic E-state index is -0.160. The van der Waals surface area contributed by atoms with E-state index < -0.39 is 0 Å². The average molecular weight is 437 g/mol. The van der Waals surface area contributed by atoms with Crippen LogP contribution in [0.2, 0.25) is 0 Å². The van der Waals surface area contributed by atoms with Gasteiger partial charge in [0.1, 0.15) is 11.5 Å². The zero-order chi connectivity index (χ0) is 22.5. The molecule has 0 unspecified atom stereocenters. The number of amides is 1. The van der Waals surface area contributed by atoms with Crippen molar-refractivity contribution in [2.75, 3.05) is 57.5 Å². The van der Waals surface area contributed by atoms with E-state index in [2.05, 4.69) is 37.3 Å². The third-order valence-corrected chi connectivity index (χ3v) is 5.70. The Morgan fingerprint density at radius 1 is 1.06 bits per heavy atom. The van der Waals surface area contributed by atoms with Crippen molar-refractivity contribution in [3.63, 3.8) is 0 Å². The molecule has 1 aromatic carbocycles. The summed E-state index contributed by atoms with van der Waals surface area (Å²) in [7, 11) is 6.18. The average Bonchev–Trinajstić information content (AvgIpc) is 3.41. The number of likely N-dealkylation sites (N-methyl/N-ethyl adjacent to an activating group) is 1. The van der Waals surface area contributed by atoms with E-state index in [1.807, 2.05) is 56.6 Å². The number of hydrogen-bond donors (Lipinski definition) is 2. The zero-order valence-electron chi connectivity index (χ0n) is 19.1. The van der Waals surface area contributed by atoms with Gasteiger partial charge >= 0.3 is 0 Å². The summed E-state index contributed by atoms with van der Waals surface area (Å²) in [6.07, 6.45) is 1.54. The lowest BCUT2D eigenvalue weighted by Crippen LogP contribution is -2.44. The first kappa shape index (κ1) is 22.1. The number of H-pyrrole nitrogens is 1. The molecule has 1 aliphatic heterocycles. The van der Waals surface area contributed by atoms with Crippen molar-refractivity contribution in [3.8, 4) is 0 Å². The van der Waals surface area contributed by atoms with Gasteiger partial charge in [-0.05, 0) is 64.0 Å². The van der Waals surface area contributed by atoms with E-state index in [1.54, 1.807) is 0 Å².